The molecule has 0 saturated heterocycles. The van der Waals surface area contributed by atoms with Gasteiger partial charge in [0.25, 0.3) is 5.91 Å². The highest BCUT2D eigenvalue weighted by molar-refractivity contribution is 8.00. The number of amides is 1. The SMILES string of the molecule is CC(C)(C)[Si](C)(C)OC1CCC(Sc2cc(-c3ccc[nH]3)c3c4c(ccc(F)c24)NC3=O)C1. The Morgan fingerprint density at radius 1 is 1.15 bits per heavy atom. The number of anilines is 1. The summed E-state index contributed by atoms with van der Waals surface area (Å²) in [7, 11) is -1.82. The average Bonchev–Trinajstić information content (AvgIpc) is 3.46. The van der Waals surface area contributed by atoms with E-state index < -0.39 is 8.32 Å². The highest BCUT2D eigenvalue weighted by atomic mass is 32.2. The molecule has 2 aliphatic rings. The molecular weight excluding hydrogens is 451 g/mol. The molecular formula is C26H31FN2O2SSi. The maximum Gasteiger partial charge on any atom is 0.257 e. The Bertz CT molecular complexity index is 1230. The van der Waals surface area contributed by atoms with Crippen molar-refractivity contribution in [2.24, 2.45) is 0 Å². The number of benzene rings is 2. The Kier molecular flexibility index (Phi) is 5.50. The average molecular weight is 483 g/mol. The fraction of sp³-hybridized carbons (Fsp3) is 0.423. The first-order valence-electron chi connectivity index (χ1n) is 11.6. The molecule has 174 valence electrons. The van der Waals surface area contributed by atoms with Crippen LogP contribution in [0.1, 0.15) is 50.4 Å². The Labute approximate surface area is 199 Å². The van der Waals surface area contributed by atoms with Gasteiger partial charge < -0.3 is 14.7 Å². The molecule has 2 N–H and O–H groups in total. The maximum absolute atomic E-state index is 15.2. The number of H-pyrrole nitrogens is 1. The smallest absolute Gasteiger partial charge is 0.257 e. The van der Waals surface area contributed by atoms with Crippen molar-refractivity contribution in [1.82, 2.24) is 4.98 Å². The van der Waals surface area contributed by atoms with Crippen molar-refractivity contribution < 1.29 is 13.6 Å². The van der Waals surface area contributed by atoms with Crippen molar-refractivity contribution >= 4 is 42.4 Å². The highest BCUT2D eigenvalue weighted by Gasteiger charge is 2.41. The zero-order valence-electron chi connectivity index (χ0n) is 19.8. The lowest BCUT2D eigenvalue weighted by Gasteiger charge is -2.38. The van der Waals surface area contributed by atoms with Crippen molar-refractivity contribution in [3.63, 3.8) is 0 Å². The molecule has 4 nitrogen and oxygen atoms in total. The monoisotopic (exact) mass is 482 g/mol. The highest BCUT2D eigenvalue weighted by Crippen LogP contribution is 2.48. The third-order valence-corrected chi connectivity index (χ3v) is 13.3. The standard InChI is InChI=1S/C26H31FN2O2SSi/c1-26(2,3)33(4,5)31-15-8-9-16(13-15)32-21-14-17(19-7-6-12-28-19)22-24-20(29-25(22)30)11-10-18(27)23(21)24/h6-7,10-12,14-16,28H,8-9,13H2,1-5H3,(H,29,30). The van der Waals surface area contributed by atoms with Crippen molar-refractivity contribution in [1.29, 1.82) is 0 Å². The summed E-state index contributed by atoms with van der Waals surface area (Å²) < 4.78 is 21.8. The molecule has 7 heteroatoms. The number of thioether (sulfide) groups is 1. The quantitative estimate of drug-likeness (QED) is 0.369. The van der Waals surface area contributed by atoms with Crippen LogP contribution >= 0.6 is 11.8 Å². The molecule has 5 rings (SSSR count). The lowest BCUT2D eigenvalue weighted by atomic mass is 9.97. The normalized spacial score (nSPS) is 20.6. The number of hydrogen-bond acceptors (Lipinski definition) is 3. The number of hydrogen-bond donors (Lipinski definition) is 2. The molecule has 1 aliphatic carbocycles. The van der Waals surface area contributed by atoms with Gasteiger partial charge >= 0.3 is 0 Å². The molecule has 1 aliphatic heterocycles. The molecule has 33 heavy (non-hydrogen) atoms. The summed E-state index contributed by atoms with van der Waals surface area (Å²) in [5.74, 6) is -0.454. The second-order valence-electron chi connectivity index (χ2n) is 10.7. The minimum absolute atomic E-state index is 0.176. The van der Waals surface area contributed by atoms with Crippen molar-refractivity contribution in [3.05, 3.63) is 47.9 Å². The lowest BCUT2D eigenvalue weighted by molar-refractivity contribution is 0.103. The Balaban J connectivity index is 1.50. The van der Waals surface area contributed by atoms with E-state index in [1.54, 1.807) is 17.8 Å². The van der Waals surface area contributed by atoms with Crippen LogP contribution in [0.15, 0.2) is 41.4 Å². The van der Waals surface area contributed by atoms with Gasteiger partial charge in [-0.15, -0.1) is 11.8 Å². The molecule has 2 atom stereocenters. The van der Waals surface area contributed by atoms with Gasteiger partial charge in [0.2, 0.25) is 0 Å². The zero-order valence-corrected chi connectivity index (χ0v) is 21.7. The first-order valence-corrected chi connectivity index (χ1v) is 15.4. The van der Waals surface area contributed by atoms with Crippen LogP contribution in [0.3, 0.4) is 0 Å². The van der Waals surface area contributed by atoms with E-state index in [2.05, 4.69) is 44.2 Å². The van der Waals surface area contributed by atoms with Crippen LogP contribution in [-0.2, 0) is 4.43 Å². The molecule has 1 aromatic heterocycles. The Morgan fingerprint density at radius 3 is 2.64 bits per heavy atom. The topological polar surface area (TPSA) is 54.1 Å². The Morgan fingerprint density at radius 2 is 1.94 bits per heavy atom. The van der Waals surface area contributed by atoms with Gasteiger partial charge in [0.05, 0.1) is 5.56 Å². The largest absolute Gasteiger partial charge is 0.414 e. The van der Waals surface area contributed by atoms with Gasteiger partial charge in [0.1, 0.15) is 5.82 Å². The van der Waals surface area contributed by atoms with Crippen molar-refractivity contribution in [2.45, 2.75) is 74.4 Å². The van der Waals surface area contributed by atoms with Gasteiger partial charge in [0, 0.05) is 50.2 Å². The van der Waals surface area contributed by atoms with Gasteiger partial charge in [-0.1, -0.05) is 20.8 Å². The van der Waals surface area contributed by atoms with E-state index in [9.17, 15) is 4.79 Å². The number of rotatable bonds is 5. The second kappa shape index (κ2) is 8.00. The van der Waals surface area contributed by atoms with Crippen LogP contribution in [-0.4, -0.2) is 30.6 Å². The summed E-state index contributed by atoms with van der Waals surface area (Å²) in [5.41, 5.74) is 2.93. The molecule has 2 heterocycles. The van der Waals surface area contributed by atoms with Gasteiger partial charge in [0.15, 0.2) is 8.32 Å². The molecule has 3 aromatic rings. The number of halogens is 1. The predicted octanol–water partition coefficient (Wildman–Crippen LogP) is 7.57. The van der Waals surface area contributed by atoms with Gasteiger partial charge in [-0.05, 0) is 67.7 Å². The predicted molar refractivity (Wildman–Crippen MR) is 137 cm³/mol. The van der Waals surface area contributed by atoms with E-state index in [-0.39, 0.29) is 22.9 Å². The number of aromatic nitrogens is 1. The van der Waals surface area contributed by atoms with E-state index in [1.807, 2.05) is 24.4 Å². The summed E-state index contributed by atoms with van der Waals surface area (Å²) in [6.07, 6.45) is 5.16. The van der Waals surface area contributed by atoms with Crippen LogP contribution in [0.4, 0.5) is 10.1 Å². The molecule has 0 bridgehead atoms. The Hall–Kier alpha value is -2.09. The minimum atomic E-state index is -1.82. The van der Waals surface area contributed by atoms with Crippen LogP contribution in [0.25, 0.3) is 22.0 Å². The summed E-state index contributed by atoms with van der Waals surface area (Å²) in [5, 5.41) is 4.71. The third-order valence-electron chi connectivity index (χ3n) is 7.46. The van der Waals surface area contributed by atoms with Crippen LogP contribution in [0.5, 0.6) is 0 Å². The summed E-state index contributed by atoms with van der Waals surface area (Å²) in [6.45, 7) is 11.4. The minimum Gasteiger partial charge on any atom is -0.414 e. The van der Waals surface area contributed by atoms with E-state index in [1.165, 1.54) is 6.07 Å². The van der Waals surface area contributed by atoms with Crippen LogP contribution in [0.2, 0.25) is 18.1 Å². The van der Waals surface area contributed by atoms with Crippen LogP contribution < -0.4 is 5.32 Å². The number of carbonyl (C=O) groups is 1. The first kappa shape index (κ1) is 22.7. The van der Waals surface area contributed by atoms with Crippen molar-refractivity contribution in [2.75, 3.05) is 5.32 Å². The molecule has 2 unspecified atom stereocenters. The number of aromatic amines is 1. The van der Waals surface area contributed by atoms with Gasteiger partial charge in [-0.2, -0.15) is 0 Å². The molecule has 0 spiro atoms. The summed E-state index contributed by atoms with van der Waals surface area (Å²) in [6, 6.07) is 8.99. The molecule has 0 radical (unpaired) electrons. The van der Waals surface area contributed by atoms with Crippen LogP contribution in [0, 0.1) is 5.82 Å². The molecule has 1 fully saturated rings. The summed E-state index contributed by atoms with van der Waals surface area (Å²) >= 11 is 1.73. The zero-order chi connectivity index (χ0) is 23.5. The fourth-order valence-corrected chi connectivity index (χ4v) is 7.53. The molecule has 1 amide bonds. The van der Waals surface area contributed by atoms with Gasteiger partial charge in [-0.3, -0.25) is 4.79 Å². The van der Waals surface area contributed by atoms with E-state index in [0.717, 1.165) is 35.4 Å². The maximum atomic E-state index is 15.2. The molecule has 2 aromatic carbocycles. The fourth-order valence-electron chi connectivity index (χ4n) is 4.70. The summed E-state index contributed by atoms with van der Waals surface area (Å²) in [4.78, 5) is 16.9. The number of carbonyl (C=O) groups excluding carboxylic acids is 1. The molecule has 1 saturated carbocycles. The lowest BCUT2D eigenvalue weighted by Crippen LogP contribution is -2.43. The van der Waals surface area contributed by atoms with Crippen molar-refractivity contribution in [3.8, 4) is 11.3 Å². The van der Waals surface area contributed by atoms with E-state index >= 15 is 4.39 Å². The first-order chi connectivity index (χ1) is 15.5. The van der Waals surface area contributed by atoms with E-state index in [0.29, 0.717) is 27.3 Å². The van der Waals surface area contributed by atoms with Gasteiger partial charge in [-0.25, -0.2) is 4.39 Å². The van der Waals surface area contributed by atoms with E-state index in [4.69, 9.17) is 4.43 Å². The second-order valence-corrected chi connectivity index (χ2v) is 16.8. The number of nitrogens with one attached hydrogen (secondary N) is 2. The third kappa shape index (κ3) is 3.94.